The average Bonchev–Trinajstić information content (AvgIpc) is 2.94. The summed E-state index contributed by atoms with van der Waals surface area (Å²) in [4.78, 5) is 28.9. The normalized spacial score (nSPS) is 11.5. The summed E-state index contributed by atoms with van der Waals surface area (Å²) in [5, 5.41) is 3.82. The molecule has 0 saturated heterocycles. The van der Waals surface area contributed by atoms with Crippen LogP contribution in [0.2, 0.25) is 10.0 Å². The molecule has 2 amide bonds. The minimum Gasteiger partial charge on any atom is -0.493 e. The van der Waals surface area contributed by atoms with Gasteiger partial charge in [0, 0.05) is 25.9 Å². The Morgan fingerprint density at radius 2 is 1.58 bits per heavy atom. The molecule has 0 bridgehead atoms. The predicted molar refractivity (Wildman–Crippen MR) is 152 cm³/mol. The molecule has 1 atom stereocenters. The molecule has 0 saturated carbocycles. The lowest BCUT2D eigenvalue weighted by Crippen LogP contribution is -2.50. The van der Waals surface area contributed by atoms with Crippen molar-refractivity contribution < 1.29 is 19.1 Å². The molecule has 3 rings (SSSR count). The molecule has 8 heteroatoms. The monoisotopic (exact) mass is 556 g/mol. The van der Waals surface area contributed by atoms with E-state index in [-0.39, 0.29) is 24.8 Å². The fourth-order valence-corrected chi connectivity index (χ4v) is 4.51. The molecule has 0 heterocycles. The van der Waals surface area contributed by atoms with Gasteiger partial charge in [-0.2, -0.15) is 0 Å². The van der Waals surface area contributed by atoms with Crippen LogP contribution in [0, 0.1) is 0 Å². The summed E-state index contributed by atoms with van der Waals surface area (Å²) < 4.78 is 10.7. The Morgan fingerprint density at radius 1 is 0.868 bits per heavy atom. The van der Waals surface area contributed by atoms with Crippen molar-refractivity contribution in [2.75, 3.05) is 20.8 Å². The molecule has 3 aromatic rings. The van der Waals surface area contributed by atoms with E-state index in [2.05, 4.69) is 5.32 Å². The predicted octanol–water partition coefficient (Wildman–Crippen LogP) is 6.11. The van der Waals surface area contributed by atoms with Gasteiger partial charge in [-0.3, -0.25) is 9.59 Å². The van der Waals surface area contributed by atoms with Gasteiger partial charge in [-0.15, -0.1) is 0 Å². The Kier molecular flexibility index (Phi) is 11.3. The molecule has 0 fully saturated rings. The number of methoxy groups -OCH3 is 2. The number of carbonyl (C=O) groups excluding carboxylic acids is 2. The van der Waals surface area contributed by atoms with Crippen LogP contribution in [0.3, 0.4) is 0 Å². The van der Waals surface area contributed by atoms with Gasteiger partial charge >= 0.3 is 0 Å². The van der Waals surface area contributed by atoms with Crippen molar-refractivity contribution in [3.05, 3.63) is 93.5 Å². The van der Waals surface area contributed by atoms with E-state index in [0.717, 1.165) is 23.1 Å². The number of nitrogens with zero attached hydrogens (tertiary/aromatic N) is 1. The molecule has 0 spiro atoms. The first-order valence-electron chi connectivity index (χ1n) is 12.6. The van der Waals surface area contributed by atoms with E-state index in [1.807, 2.05) is 61.5 Å². The van der Waals surface area contributed by atoms with Crippen molar-refractivity contribution in [1.29, 1.82) is 0 Å². The average molecular weight is 558 g/mol. The van der Waals surface area contributed by atoms with Crippen molar-refractivity contribution >= 4 is 35.0 Å². The summed E-state index contributed by atoms with van der Waals surface area (Å²) in [7, 11) is 3.16. The van der Waals surface area contributed by atoms with Crippen LogP contribution >= 0.6 is 23.2 Å². The molecule has 0 aliphatic carbocycles. The van der Waals surface area contributed by atoms with Crippen molar-refractivity contribution in [3.63, 3.8) is 0 Å². The van der Waals surface area contributed by atoms with Crippen molar-refractivity contribution in [2.24, 2.45) is 0 Å². The van der Waals surface area contributed by atoms with Gasteiger partial charge in [0.1, 0.15) is 6.04 Å². The number of hydrogen-bond donors (Lipinski definition) is 1. The zero-order valence-electron chi connectivity index (χ0n) is 22.0. The van der Waals surface area contributed by atoms with Gasteiger partial charge in [0.15, 0.2) is 11.5 Å². The first kappa shape index (κ1) is 29.3. The van der Waals surface area contributed by atoms with E-state index in [0.29, 0.717) is 40.9 Å². The summed E-state index contributed by atoms with van der Waals surface area (Å²) in [6.07, 6.45) is 1.87. The molecular formula is C30H34Cl2N2O4. The van der Waals surface area contributed by atoms with Gasteiger partial charge in [-0.25, -0.2) is 0 Å². The quantitative estimate of drug-likeness (QED) is 0.276. The number of ether oxygens (including phenoxy) is 2. The Balaban J connectivity index is 1.91. The summed E-state index contributed by atoms with van der Waals surface area (Å²) in [6, 6.07) is 19.9. The SMILES string of the molecule is CCCNC(=O)[C@@H](Cc1ccccc1)N(Cc1ccc(Cl)c(Cl)c1)C(=O)CCc1ccc(OC)c(OC)c1. The fraction of sp³-hybridized carbons (Fsp3) is 0.333. The molecule has 1 N–H and O–H groups in total. The third kappa shape index (κ3) is 8.14. The van der Waals surface area contributed by atoms with Crippen LogP contribution in [-0.4, -0.2) is 43.5 Å². The molecule has 38 heavy (non-hydrogen) atoms. The maximum atomic E-state index is 13.8. The zero-order valence-corrected chi connectivity index (χ0v) is 23.5. The van der Waals surface area contributed by atoms with E-state index >= 15 is 0 Å². The molecular weight excluding hydrogens is 523 g/mol. The van der Waals surface area contributed by atoms with E-state index in [4.69, 9.17) is 32.7 Å². The van der Waals surface area contributed by atoms with E-state index < -0.39 is 6.04 Å². The largest absolute Gasteiger partial charge is 0.493 e. The molecule has 202 valence electrons. The Labute approximate surface area is 234 Å². The van der Waals surface area contributed by atoms with Crippen LogP contribution in [-0.2, 0) is 29.0 Å². The summed E-state index contributed by atoms with van der Waals surface area (Å²) in [6.45, 7) is 2.75. The maximum Gasteiger partial charge on any atom is 0.243 e. The van der Waals surface area contributed by atoms with Gasteiger partial charge in [0.05, 0.1) is 24.3 Å². The second-order valence-corrected chi connectivity index (χ2v) is 9.77. The lowest BCUT2D eigenvalue weighted by Gasteiger charge is -2.32. The molecule has 0 aliphatic heterocycles. The Hall–Kier alpha value is -3.22. The smallest absolute Gasteiger partial charge is 0.243 e. The lowest BCUT2D eigenvalue weighted by molar-refractivity contribution is -0.141. The molecule has 6 nitrogen and oxygen atoms in total. The van der Waals surface area contributed by atoms with E-state index in [9.17, 15) is 9.59 Å². The second-order valence-electron chi connectivity index (χ2n) is 8.96. The van der Waals surface area contributed by atoms with Gasteiger partial charge < -0.3 is 19.7 Å². The van der Waals surface area contributed by atoms with Gasteiger partial charge in [0.25, 0.3) is 0 Å². The standard InChI is InChI=1S/C30H34Cl2N2O4/c1-4-16-33-30(36)26(18-21-8-6-5-7-9-21)34(20-23-10-13-24(31)25(32)17-23)29(35)15-12-22-11-14-27(37-2)28(19-22)38-3/h5-11,13-14,17,19,26H,4,12,15-16,18,20H2,1-3H3,(H,33,36)/t26-/m1/s1. The molecule has 3 aromatic carbocycles. The van der Waals surface area contributed by atoms with Crippen LogP contribution < -0.4 is 14.8 Å². The Morgan fingerprint density at radius 3 is 2.24 bits per heavy atom. The van der Waals surface area contributed by atoms with Crippen LogP contribution in [0.15, 0.2) is 66.7 Å². The van der Waals surface area contributed by atoms with Gasteiger partial charge in [-0.1, -0.05) is 72.6 Å². The first-order chi connectivity index (χ1) is 18.4. The van der Waals surface area contributed by atoms with Crippen molar-refractivity contribution in [1.82, 2.24) is 10.2 Å². The van der Waals surface area contributed by atoms with E-state index in [1.54, 1.807) is 31.3 Å². The number of benzene rings is 3. The highest BCUT2D eigenvalue weighted by Gasteiger charge is 2.30. The number of amides is 2. The number of halogens is 2. The summed E-state index contributed by atoms with van der Waals surface area (Å²) in [5.41, 5.74) is 2.69. The second kappa shape index (κ2) is 14.6. The van der Waals surface area contributed by atoms with E-state index in [1.165, 1.54) is 0 Å². The summed E-state index contributed by atoms with van der Waals surface area (Å²) >= 11 is 12.4. The highest BCUT2D eigenvalue weighted by molar-refractivity contribution is 6.42. The minimum absolute atomic E-state index is 0.140. The van der Waals surface area contributed by atoms with Gasteiger partial charge in [-0.05, 0) is 53.8 Å². The van der Waals surface area contributed by atoms with Crippen LogP contribution in [0.1, 0.15) is 36.5 Å². The third-order valence-electron chi connectivity index (χ3n) is 6.23. The van der Waals surface area contributed by atoms with Crippen molar-refractivity contribution in [3.8, 4) is 11.5 Å². The summed E-state index contributed by atoms with van der Waals surface area (Å²) in [5.74, 6) is 0.902. The minimum atomic E-state index is -0.698. The maximum absolute atomic E-state index is 13.8. The fourth-order valence-electron chi connectivity index (χ4n) is 4.19. The highest BCUT2D eigenvalue weighted by Crippen LogP contribution is 2.28. The molecule has 0 radical (unpaired) electrons. The molecule has 0 aliphatic rings. The van der Waals surface area contributed by atoms with Crippen LogP contribution in [0.25, 0.3) is 0 Å². The number of nitrogens with one attached hydrogen (secondary N) is 1. The molecule has 0 unspecified atom stereocenters. The lowest BCUT2D eigenvalue weighted by atomic mass is 10.0. The number of hydrogen-bond acceptors (Lipinski definition) is 4. The zero-order chi connectivity index (χ0) is 27.5. The number of aryl methyl sites for hydroxylation is 1. The topological polar surface area (TPSA) is 67.9 Å². The van der Waals surface area contributed by atoms with Crippen LogP contribution in [0.5, 0.6) is 11.5 Å². The van der Waals surface area contributed by atoms with Crippen molar-refractivity contribution in [2.45, 2.75) is 45.2 Å². The van der Waals surface area contributed by atoms with Gasteiger partial charge in [0.2, 0.25) is 11.8 Å². The third-order valence-corrected chi connectivity index (χ3v) is 6.97. The number of carbonyl (C=O) groups is 2. The number of rotatable bonds is 13. The van der Waals surface area contributed by atoms with Crippen LogP contribution in [0.4, 0.5) is 0 Å². The Bertz CT molecular complexity index is 1220. The first-order valence-corrected chi connectivity index (χ1v) is 13.4. The molecule has 0 aromatic heterocycles. The highest BCUT2D eigenvalue weighted by atomic mass is 35.5.